The van der Waals surface area contributed by atoms with Crippen molar-refractivity contribution in [2.45, 2.75) is 20.4 Å². The highest BCUT2D eigenvalue weighted by molar-refractivity contribution is 5.59. The molecule has 0 fully saturated rings. The average Bonchev–Trinajstić information content (AvgIpc) is 2.51. The highest BCUT2D eigenvalue weighted by Gasteiger charge is 2.06. The number of pyridine rings is 1. The maximum absolute atomic E-state index is 4.15. The fraction of sp³-hybridized carbons (Fsp3) is 0.364. The van der Waals surface area contributed by atoms with Crippen LogP contribution < -0.4 is 0 Å². The molecule has 0 aromatic heterocycles. The smallest absolute Gasteiger partial charge is 0.0681 e. The van der Waals surface area contributed by atoms with Crippen molar-refractivity contribution in [1.82, 2.24) is 9.55 Å². The average molecular weight is 174 g/mol. The lowest BCUT2D eigenvalue weighted by Crippen LogP contribution is -2.06. The minimum absolute atomic E-state index is 0.672. The second-order valence-corrected chi connectivity index (χ2v) is 3.80. The number of fused-ring (bicyclic) bond motifs is 1. The Morgan fingerprint density at radius 2 is 2.23 bits per heavy atom. The molecule has 0 atom stereocenters. The van der Waals surface area contributed by atoms with E-state index in [2.05, 4.69) is 41.7 Å². The first-order valence-electron chi connectivity index (χ1n) is 4.66. The molecule has 2 rings (SSSR count). The fourth-order valence-corrected chi connectivity index (χ4v) is 1.58. The van der Waals surface area contributed by atoms with Crippen molar-refractivity contribution in [1.29, 1.82) is 0 Å². The van der Waals surface area contributed by atoms with E-state index in [4.69, 9.17) is 0 Å². The van der Waals surface area contributed by atoms with E-state index < -0.39 is 0 Å². The predicted octanol–water partition coefficient (Wildman–Crippen LogP) is 2.64. The van der Waals surface area contributed by atoms with Gasteiger partial charge >= 0.3 is 0 Å². The van der Waals surface area contributed by atoms with E-state index in [1.54, 1.807) is 0 Å². The lowest BCUT2D eigenvalue weighted by atomic mass is 10.2. The first-order chi connectivity index (χ1) is 6.27. The molecule has 2 nitrogen and oxygen atoms in total. The van der Waals surface area contributed by atoms with Crippen LogP contribution in [0.2, 0.25) is 0 Å². The summed E-state index contributed by atoms with van der Waals surface area (Å²) in [6, 6.07) is 4.17. The molecule has 0 saturated carbocycles. The van der Waals surface area contributed by atoms with Crippen LogP contribution in [0.5, 0.6) is 0 Å². The summed E-state index contributed by atoms with van der Waals surface area (Å²) in [5, 5.41) is 0. The van der Waals surface area contributed by atoms with Crippen molar-refractivity contribution in [2.75, 3.05) is 0 Å². The van der Waals surface area contributed by atoms with E-state index in [9.17, 15) is 0 Å². The molecule has 2 aliphatic rings. The maximum Gasteiger partial charge on any atom is 0.0681 e. The molecule has 0 saturated heterocycles. The van der Waals surface area contributed by atoms with Gasteiger partial charge in [-0.1, -0.05) is 13.8 Å². The highest BCUT2D eigenvalue weighted by Crippen LogP contribution is 2.20. The highest BCUT2D eigenvalue weighted by atomic mass is 15.0. The summed E-state index contributed by atoms with van der Waals surface area (Å²) in [5.74, 6) is 0.672. The third-order valence-electron chi connectivity index (χ3n) is 2.12. The van der Waals surface area contributed by atoms with Crippen molar-refractivity contribution in [2.24, 2.45) is 5.92 Å². The van der Waals surface area contributed by atoms with E-state index in [0.29, 0.717) is 5.92 Å². The maximum atomic E-state index is 4.15. The Kier molecular flexibility index (Phi) is 2.05. The van der Waals surface area contributed by atoms with Crippen LogP contribution in [-0.2, 0) is 6.54 Å². The van der Waals surface area contributed by atoms with Crippen LogP contribution in [0.25, 0.3) is 11.3 Å². The number of hydrogen-bond donors (Lipinski definition) is 0. The molecule has 2 heterocycles. The fourth-order valence-electron chi connectivity index (χ4n) is 1.58. The largest absolute Gasteiger partial charge is 0.346 e. The Bertz CT molecular complexity index is 362. The molecule has 2 aliphatic heterocycles. The number of rotatable bonds is 2. The van der Waals surface area contributed by atoms with Crippen molar-refractivity contribution in [3.63, 3.8) is 0 Å². The Balaban J connectivity index is 2.40. The third kappa shape index (κ3) is 1.57. The molecule has 0 bridgehead atoms. The number of nitrogens with zero attached hydrogens (tertiary/aromatic N) is 2. The second kappa shape index (κ2) is 3.21. The van der Waals surface area contributed by atoms with Gasteiger partial charge in [-0.05, 0) is 18.1 Å². The first-order valence-corrected chi connectivity index (χ1v) is 4.66. The van der Waals surface area contributed by atoms with Crippen molar-refractivity contribution >= 4 is 0 Å². The van der Waals surface area contributed by atoms with Gasteiger partial charge in [-0.25, -0.2) is 0 Å². The van der Waals surface area contributed by atoms with Crippen LogP contribution >= 0.6 is 0 Å². The Hall–Kier alpha value is -1.31. The minimum Gasteiger partial charge on any atom is -0.346 e. The van der Waals surface area contributed by atoms with E-state index >= 15 is 0 Å². The third-order valence-corrected chi connectivity index (χ3v) is 2.12. The minimum atomic E-state index is 0.672. The predicted molar refractivity (Wildman–Crippen MR) is 53.7 cm³/mol. The summed E-state index contributed by atoms with van der Waals surface area (Å²) in [5.41, 5.74) is 2.46. The molecule has 68 valence electrons. The van der Waals surface area contributed by atoms with Crippen LogP contribution in [0.15, 0.2) is 30.7 Å². The van der Waals surface area contributed by atoms with Gasteiger partial charge in [-0.15, -0.1) is 0 Å². The second-order valence-electron chi connectivity index (χ2n) is 3.80. The van der Waals surface area contributed by atoms with Gasteiger partial charge < -0.3 is 4.57 Å². The Morgan fingerprint density at radius 1 is 1.38 bits per heavy atom. The Labute approximate surface area is 78.6 Å². The lowest BCUT2D eigenvalue weighted by molar-refractivity contribution is 0.525. The van der Waals surface area contributed by atoms with Crippen LogP contribution in [-0.4, -0.2) is 9.55 Å². The number of hydrogen-bond acceptors (Lipinski definition) is 1. The molecule has 0 aromatic carbocycles. The molecule has 0 amide bonds. The van der Waals surface area contributed by atoms with E-state index in [-0.39, 0.29) is 0 Å². The monoisotopic (exact) mass is 174 g/mol. The van der Waals surface area contributed by atoms with E-state index in [1.165, 1.54) is 11.3 Å². The topological polar surface area (TPSA) is 17.8 Å². The molecule has 0 aliphatic carbocycles. The summed E-state index contributed by atoms with van der Waals surface area (Å²) in [6.45, 7) is 5.51. The molecular weight excluding hydrogens is 160 g/mol. The summed E-state index contributed by atoms with van der Waals surface area (Å²) >= 11 is 0. The normalized spacial score (nSPS) is 11.3. The lowest BCUT2D eigenvalue weighted by Gasteiger charge is -2.13. The van der Waals surface area contributed by atoms with Gasteiger partial charge in [0.2, 0.25) is 0 Å². The van der Waals surface area contributed by atoms with Gasteiger partial charge in [0, 0.05) is 24.5 Å². The van der Waals surface area contributed by atoms with Crippen LogP contribution in [0.4, 0.5) is 0 Å². The van der Waals surface area contributed by atoms with Crippen LogP contribution in [0, 0.1) is 5.92 Å². The number of aromatic nitrogens is 2. The van der Waals surface area contributed by atoms with Crippen molar-refractivity contribution in [3.8, 4) is 11.3 Å². The molecular formula is C11H14N2. The SMILES string of the molecule is CC(C)Cn1cccc2cncc1-2. The van der Waals surface area contributed by atoms with Crippen LogP contribution in [0.3, 0.4) is 0 Å². The summed E-state index contributed by atoms with van der Waals surface area (Å²) in [6.07, 6.45) is 5.95. The van der Waals surface area contributed by atoms with Crippen molar-refractivity contribution in [3.05, 3.63) is 30.7 Å². The van der Waals surface area contributed by atoms with Gasteiger partial charge in [-0.2, -0.15) is 0 Å². The van der Waals surface area contributed by atoms with Gasteiger partial charge in [-0.3, -0.25) is 4.98 Å². The summed E-state index contributed by atoms with van der Waals surface area (Å²) in [4.78, 5) is 4.15. The first kappa shape index (κ1) is 8.30. The molecule has 0 spiro atoms. The van der Waals surface area contributed by atoms with Gasteiger partial charge in [0.05, 0.1) is 11.9 Å². The zero-order valence-electron chi connectivity index (χ0n) is 8.07. The molecule has 13 heavy (non-hydrogen) atoms. The summed E-state index contributed by atoms with van der Waals surface area (Å²) in [7, 11) is 0. The van der Waals surface area contributed by atoms with Crippen LogP contribution in [0.1, 0.15) is 13.8 Å². The van der Waals surface area contributed by atoms with Crippen molar-refractivity contribution < 1.29 is 0 Å². The zero-order chi connectivity index (χ0) is 9.26. The van der Waals surface area contributed by atoms with Gasteiger partial charge in [0.15, 0.2) is 0 Å². The molecule has 2 heteroatoms. The van der Waals surface area contributed by atoms with Gasteiger partial charge in [0.25, 0.3) is 0 Å². The van der Waals surface area contributed by atoms with Gasteiger partial charge in [0.1, 0.15) is 0 Å². The molecule has 0 radical (unpaired) electrons. The quantitative estimate of drug-likeness (QED) is 0.684. The molecule has 0 N–H and O–H groups in total. The molecule has 0 aromatic rings. The molecule has 0 unspecified atom stereocenters. The van der Waals surface area contributed by atoms with E-state index in [0.717, 1.165) is 6.54 Å². The summed E-state index contributed by atoms with van der Waals surface area (Å²) < 4.78 is 2.26. The Morgan fingerprint density at radius 3 is 3.00 bits per heavy atom. The zero-order valence-corrected chi connectivity index (χ0v) is 8.07. The standard InChI is InChI=1S/C11H14N2/c1-9(2)8-13-5-3-4-10-6-12-7-11(10)13/h3-7,9H,8H2,1-2H3. The van der Waals surface area contributed by atoms with E-state index in [1.807, 2.05) is 12.4 Å².